The number of amides is 1. The molecule has 1 aliphatic heterocycles. The lowest BCUT2D eigenvalue weighted by Crippen LogP contribution is -2.42. The molecule has 3 N–H and O–H groups in total. The summed E-state index contributed by atoms with van der Waals surface area (Å²) in [6.07, 6.45) is 2.43. The second kappa shape index (κ2) is 10.1. The van der Waals surface area contributed by atoms with Gasteiger partial charge in [0, 0.05) is 24.5 Å². The van der Waals surface area contributed by atoms with E-state index in [1.54, 1.807) is 66.4 Å². The van der Waals surface area contributed by atoms with E-state index in [9.17, 15) is 13.2 Å². The Bertz CT molecular complexity index is 897. The summed E-state index contributed by atoms with van der Waals surface area (Å²) in [5, 5.41) is 3.29. The molecule has 0 bridgehead atoms. The van der Waals surface area contributed by atoms with E-state index in [-0.39, 0.29) is 10.8 Å². The van der Waals surface area contributed by atoms with Gasteiger partial charge in [0.15, 0.2) is 0 Å². The lowest BCUT2D eigenvalue weighted by atomic mass is 10.1. The molecule has 0 aliphatic carbocycles. The molecule has 0 aromatic heterocycles. The van der Waals surface area contributed by atoms with Crippen molar-refractivity contribution in [2.24, 2.45) is 5.73 Å². The van der Waals surface area contributed by atoms with Crippen LogP contribution in [0, 0.1) is 0 Å². The number of thioether (sulfide) groups is 1. The Labute approximate surface area is 176 Å². The highest BCUT2D eigenvalue weighted by Gasteiger charge is 2.23. The number of carbonyl (C=O) groups excluding carboxylic acids is 1. The Balaban J connectivity index is 1.42. The summed E-state index contributed by atoms with van der Waals surface area (Å²) in [7, 11) is -3.49. The van der Waals surface area contributed by atoms with Crippen molar-refractivity contribution >= 4 is 33.2 Å². The zero-order valence-corrected chi connectivity index (χ0v) is 17.9. The van der Waals surface area contributed by atoms with Gasteiger partial charge in [-0.1, -0.05) is 18.2 Å². The predicted octanol–water partition coefficient (Wildman–Crippen LogP) is 2.96. The van der Waals surface area contributed by atoms with Crippen molar-refractivity contribution in [3.05, 3.63) is 54.6 Å². The quantitative estimate of drug-likeness (QED) is 0.591. The van der Waals surface area contributed by atoms with E-state index >= 15 is 0 Å². The molecule has 1 heterocycles. The summed E-state index contributed by atoms with van der Waals surface area (Å²) in [6.45, 7) is 1.54. The number of carbonyl (C=O) groups is 1. The fourth-order valence-corrected chi connectivity index (χ4v) is 5.39. The summed E-state index contributed by atoms with van der Waals surface area (Å²) in [4.78, 5) is 14.6. The number of nitrogens with one attached hydrogen (secondary N) is 1. The van der Waals surface area contributed by atoms with Crippen molar-refractivity contribution < 1.29 is 13.2 Å². The van der Waals surface area contributed by atoms with Crippen LogP contribution in [0.15, 0.2) is 64.4 Å². The van der Waals surface area contributed by atoms with Gasteiger partial charge in [0.1, 0.15) is 0 Å². The third-order valence-corrected chi connectivity index (χ3v) is 7.62. The number of hydrogen-bond donors (Lipinski definition) is 2. The molecule has 0 saturated carbocycles. The summed E-state index contributed by atoms with van der Waals surface area (Å²) in [5.41, 5.74) is 6.89. The van der Waals surface area contributed by atoms with E-state index in [4.69, 9.17) is 5.73 Å². The van der Waals surface area contributed by atoms with Crippen LogP contribution in [0.4, 0.5) is 5.69 Å². The zero-order chi connectivity index (χ0) is 20.7. The molecule has 1 amide bonds. The first kappa shape index (κ1) is 21.7. The van der Waals surface area contributed by atoms with Gasteiger partial charge < -0.3 is 16.0 Å². The fourth-order valence-electron chi connectivity index (χ4n) is 3.16. The average molecular weight is 434 g/mol. The minimum atomic E-state index is -3.49. The Hall–Kier alpha value is -2.03. The number of unbranched alkanes of at least 4 members (excludes halogenated alkanes) is 1. The van der Waals surface area contributed by atoms with Crippen LogP contribution in [0.3, 0.4) is 0 Å². The van der Waals surface area contributed by atoms with Crippen molar-refractivity contribution in [1.82, 2.24) is 4.90 Å². The summed E-state index contributed by atoms with van der Waals surface area (Å²) in [5.74, 6) is 1.80. The molecular formula is C21H27N3O3S2. The van der Waals surface area contributed by atoms with Gasteiger partial charge in [-0.3, -0.25) is 4.79 Å². The van der Waals surface area contributed by atoms with E-state index < -0.39 is 15.9 Å². The van der Waals surface area contributed by atoms with E-state index in [0.29, 0.717) is 11.3 Å². The van der Waals surface area contributed by atoms with Crippen molar-refractivity contribution in [3.63, 3.8) is 0 Å². The third-order valence-electron chi connectivity index (χ3n) is 4.87. The standard InChI is InChI=1S/C21H27N3O3S2/c22-20(21(25)24-14-15-28-16-24)8-4-5-13-23-17-9-11-19(12-10-17)29(26,27)18-6-2-1-3-7-18/h1-3,6-7,9-12,20,23H,4-5,8,13-16,22H2. The molecule has 2 aromatic carbocycles. The van der Waals surface area contributed by atoms with E-state index in [0.717, 1.165) is 43.2 Å². The van der Waals surface area contributed by atoms with Gasteiger partial charge in [-0.25, -0.2) is 8.42 Å². The molecule has 1 atom stereocenters. The van der Waals surface area contributed by atoms with Crippen LogP contribution in [0.25, 0.3) is 0 Å². The van der Waals surface area contributed by atoms with E-state index in [1.807, 2.05) is 4.90 Å². The first-order chi connectivity index (χ1) is 14.0. The molecule has 1 saturated heterocycles. The molecule has 1 fully saturated rings. The highest BCUT2D eigenvalue weighted by atomic mass is 32.2. The summed E-state index contributed by atoms with van der Waals surface area (Å²) >= 11 is 1.76. The minimum Gasteiger partial charge on any atom is -0.385 e. The van der Waals surface area contributed by atoms with Crippen molar-refractivity contribution in [3.8, 4) is 0 Å². The van der Waals surface area contributed by atoms with Gasteiger partial charge in [-0.15, -0.1) is 11.8 Å². The van der Waals surface area contributed by atoms with Crippen LogP contribution >= 0.6 is 11.8 Å². The van der Waals surface area contributed by atoms with Crippen LogP contribution in [0.5, 0.6) is 0 Å². The average Bonchev–Trinajstić information content (AvgIpc) is 3.28. The first-order valence-electron chi connectivity index (χ1n) is 9.74. The lowest BCUT2D eigenvalue weighted by molar-refractivity contribution is -0.131. The number of anilines is 1. The molecule has 0 radical (unpaired) electrons. The highest BCUT2D eigenvalue weighted by Crippen LogP contribution is 2.22. The highest BCUT2D eigenvalue weighted by molar-refractivity contribution is 7.99. The number of sulfone groups is 1. The lowest BCUT2D eigenvalue weighted by Gasteiger charge is -2.19. The van der Waals surface area contributed by atoms with Crippen LogP contribution in [0.1, 0.15) is 19.3 Å². The maximum absolute atomic E-state index is 12.6. The number of nitrogens with zero attached hydrogens (tertiary/aromatic N) is 1. The van der Waals surface area contributed by atoms with Crippen LogP contribution < -0.4 is 11.1 Å². The number of nitrogens with two attached hydrogens (primary N) is 1. The van der Waals surface area contributed by atoms with Gasteiger partial charge in [0.2, 0.25) is 15.7 Å². The summed E-state index contributed by atoms with van der Waals surface area (Å²) in [6, 6.07) is 14.8. The molecule has 3 rings (SSSR count). The molecule has 1 unspecified atom stereocenters. The Morgan fingerprint density at radius 3 is 2.41 bits per heavy atom. The molecular weight excluding hydrogens is 406 g/mol. The maximum atomic E-state index is 12.6. The topological polar surface area (TPSA) is 92.5 Å². The first-order valence-corrected chi connectivity index (χ1v) is 12.4. The van der Waals surface area contributed by atoms with Crippen LogP contribution in [-0.2, 0) is 14.6 Å². The maximum Gasteiger partial charge on any atom is 0.240 e. The van der Waals surface area contributed by atoms with Crippen molar-refractivity contribution in [2.45, 2.75) is 35.1 Å². The molecule has 1 aliphatic rings. The van der Waals surface area contributed by atoms with E-state index in [2.05, 4.69) is 5.32 Å². The molecule has 8 heteroatoms. The molecule has 0 spiro atoms. The Kier molecular flexibility index (Phi) is 7.57. The zero-order valence-electron chi connectivity index (χ0n) is 16.3. The van der Waals surface area contributed by atoms with Crippen molar-refractivity contribution in [2.75, 3.05) is 30.0 Å². The molecule has 156 valence electrons. The second-order valence-corrected chi connectivity index (χ2v) is 10.0. The molecule has 29 heavy (non-hydrogen) atoms. The second-order valence-electron chi connectivity index (χ2n) is 7.01. The monoisotopic (exact) mass is 433 g/mol. The van der Waals surface area contributed by atoms with Gasteiger partial charge in [-0.2, -0.15) is 0 Å². The number of benzene rings is 2. The number of rotatable bonds is 9. The van der Waals surface area contributed by atoms with E-state index in [1.165, 1.54) is 0 Å². The molecule has 6 nitrogen and oxygen atoms in total. The number of hydrogen-bond acceptors (Lipinski definition) is 6. The fraction of sp³-hybridized carbons (Fsp3) is 0.381. The Morgan fingerprint density at radius 1 is 1.07 bits per heavy atom. The van der Waals surface area contributed by atoms with Gasteiger partial charge >= 0.3 is 0 Å². The van der Waals surface area contributed by atoms with Crippen molar-refractivity contribution in [1.29, 1.82) is 0 Å². The predicted molar refractivity (Wildman–Crippen MR) is 118 cm³/mol. The van der Waals surface area contributed by atoms with Crippen LogP contribution in [-0.4, -0.2) is 50.0 Å². The smallest absolute Gasteiger partial charge is 0.240 e. The largest absolute Gasteiger partial charge is 0.385 e. The van der Waals surface area contributed by atoms with Gasteiger partial charge in [0.05, 0.1) is 21.7 Å². The van der Waals surface area contributed by atoms with Gasteiger partial charge in [-0.05, 0) is 55.7 Å². The Morgan fingerprint density at radius 2 is 1.76 bits per heavy atom. The van der Waals surface area contributed by atoms with Gasteiger partial charge in [0.25, 0.3) is 0 Å². The molecule has 2 aromatic rings. The SMILES string of the molecule is NC(CCCCNc1ccc(S(=O)(=O)c2ccccc2)cc1)C(=O)N1CCSC1. The minimum absolute atomic E-state index is 0.0539. The summed E-state index contributed by atoms with van der Waals surface area (Å²) < 4.78 is 25.2. The normalized spacial score (nSPS) is 15.3. The third kappa shape index (κ3) is 5.74. The van der Waals surface area contributed by atoms with Crippen LogP contribution in [0.2, 0.25) is 0 Å².